The minimum Gasteiger partial charge on any atom is -0.854 e. The number of aliphatic hydroxyl groups is 1. The van der Waals surface area contributed by atoms with Crippen LogP contribution in [0.3, 0.4) is 0 Å². The van der Waals surface area contributed by atoms with E-state index < -0.39 is 18.3 Å². The van der Waals surface area contributed by atoms with Gasteiger partial charge in [0.25, 0.3) is 0 Å². The van der Waals surface area contributed by atoms with E-state index in [9.17, 15) is 20.4 Å². The molecule has 0 saturated heterocycles. The maximum Gasteiger partial charge on any atom is 4.00 e. The minimum atomic E-state index is -0.417. The molecule has 0 aliphatic rings. The molecule has 0 fully saturated rings. The quantitative estimate of drug-likeness (QED) is 0.687. The monoisotopic (exact) mass is 358 g/mol. The Bertz CT molecular complexity index is 94.7. The van der Waals surface area contributed by atoms with Crippen LogP contribution in [0.25, 0.3) is 0 Å². The van der Waals surface area contributed by atoms with E-state index in [0.29, 0.717) is 0 Å². The van der Waals surface area contributed by atoms with Crippen LogP contribution in [0.4, 0.5) is 0 Å². The molecule has 136 valence electrons. The van der Waals surface area contributed by atoms with Crippen LogP contribution in [0.15, 0.2) is 0 Å². The Morgan fingerprint density at radius 3 is 0.864 bits per heavy atom. The summed E-state index contributed by atoms with van der Waals surface area (Å²) in [6.45, 7) is 15.2. The predicted molar refractivity (Wildman–Crippen MR) is 82.5 cm³/mol. The zero-order chi connectivity index (χ0) is 18.4. The maximum atomic E-state index is 9.53. The topological polar surface area (TPSA) is 112 Å². The van der Waals surface area contributed by atoms with Crippen molar-refractivity contribution < 1.29 is 47.3 Å². The molecule has 0 spiro atoms. The molecule has 22 heavy (non-hydrogen) atoms. The van der Waals surface area contributed by atoms with Crippen LogP contribution in [-0.2, 0) is 21.7 Å². The van der Waals surface area contributed by atoms with E-state index in [1.807, 2.05) is 6.92 Å². The molecule has 0 rings (SSSR count). The molecule has 1 N–H and O–H groups in total. The number of rotatable bonds is 2. The molecule has 0 aromatic heterocycles. The van der Waals surface area contributed by atoms with E-state index in [4.69, 9.17) is 5.11 Å². The Hall–Kier alpha value is 0.514. The van der Waals surface area contributed by atoms with Gasteiger partial charge < -0.3 is 25.5 Å². The molecule has 5 nitrogen and oxygen atoms in total. The van der Waals surface area contributed by atoms with E-state index >= 15 is 0 Å². The van der Waals surface area contributed by atoms with Crippen LogP contribution in [0, 0.1) is 0 Å². The van der Waals surface area contributed by atoms with Crippen molar-refractivity contribution in [3.8, 4) is 0 Å². The van der Waals surface area contributed by atoms with Crippen LogP contribution in [0.2, 0.25) is 0 Å². The molecule has 0 aromatic carbocycles. The van der Waals surface area contributed by atoms with Gasteiger partial charge in [0.2, 0.25) is 0 Å². The van der Waals surface area contributed by atoms with Crippen LogP contribution < -0.4 is 20.4 Å². The van der Waals surface area contributed by atoms with Crippen molar-refractivity contribution in [1.29, 1.82) is 0 Å². The van der Waals surface area contributed by atoms with Gasteiger partial charge >= 0.3 is 21.7 Å². The first-order valence-electron chi connectivity index (χ1n) is 7.58. The summed E-state index contributed by atoms with van der Waals surface area (Å²) in [5.74, 6) is 0. The Labute approximate surface area is 153 Å². The fourth-order valence-electron chi connectivity index (χ4n) is 0.144. The molecule has 0 bridgehead atoms. The van der Waals surface area contributed by atoms with E-state index in [-0.39, 0.29) is 34.4 Å². The third kappa shape index (κ3) is 1240. The van der Waals surface area contributed by atoms with Gasteiger partial charge in [0.05, 0.1) is 0 Å². The summed E-state index contributed by atoms with van der Waals surface area (Å²) in [6, 6.07) is 0. The maximum absolute atomic E-state index is 9.53. The third-order valence-electron chi connectivity index (χ3n) is 0.498. The number of aliphatic hydroxyl groups excluding tert-OH is 1. The fraction of sp³-hybridized carbons (Fsp3) is 1.00. The second-order valence-electron chi connectivity index (χ2n) is 5.30. The normalized spacial score (nSPS) is 8.45. The number of hydrogen-bond acceptors (Lipinski definition) is 5. The van der Waals surface area contributed by atoms with Crippen LogP contribution in [0.1, 0.15) is 75.2 Å². The second-order valence-corrected chi connectivity index (χ2v) is 5.30. The fourth-order valence-corrected chi connectivity index (χ4v) is 0.144. The van der Waals surface area contributed by atoms with E-state index in [2.05, 4.69) is 0 Å². The summed E-state index contributed by atoms with van der Waals surface area (Å²) in [5, 5.41) is 46.2. The van der Waals surface area contributed by atoms with Crippen molar-refractivity contribution in [1.82, 2.24) is 0 Å². The first kappa shape index (κ1) is 38.2. The first-order chi connectivity index (χ1) is 9.34. The van der Waals surface area contributed by atoms with Crippen molar-refractivity contribution in [3.05, 3.63) is 0 Å². The van der Waals surface area contributed by atoms with Crippen molar-refractivity contribution in [2.24, 2.45) is 0 Å². The predicted octanol–water partition coefficient (Wildman–Crippen LogP) is -0.203. The van der Waals surface area contributed by atoms with E-state index in [1.54, 1.807) is 55.4 Å². The standard InChI is InChI=1S/C4H9O.C3H8O.3C3H7O.Ti/c1-2-3-4-5;4*1-3(2)4;/h2-4H2,1H3;3-4H,1-2H3;3*3H,1-2H3;/q-1;;3*-1;+4. The SMILES string of the molecule is CC(C)O.CC(C)[O-].CC(C)[O-].CC(C)[O-].CCCC[O-].[Ti+4]. The van der Waals surface area contributed by atoms with Gasteiger partial charge in [-0.15, -0.1) is 24.9 Å². The molecule has 0 atom stereocenters. The minimum absolute atomic E-state index is 0. The summed E-state index contributed by atoms with van der Waals surface area (Å²) in [7, 11) is 0. The molecule has 0 aliphatic heterocycles. The summed E-state index contributed by atoms with van der Waals surface area (Å²) < 4.78 is 0. The van der Waals surface area contributed by atoms with Crippen molar-refractivity contribution >= 4 is 0 Å². The van der Waals surface area contributed by atoms with Gasteiger partial charge in [-0.05, 0) is 13.8 Å². The van der Waals surface area contributed by atoms with E-state index in [1.165, 1.54) is 0 Å². The molecule has 0 aromatic rings. The molecular weight excluding hydrogens is 320 g/mol. The number of hydrogen-bond donors (Lipinski definition) is 1. The Kier molecular flexibility index (Phi) is 65.3. The Balaban J connectivity index is -0.0000000361. The van der Waals surface area contributed by atoms with Crippen LogP contribution in [-0.4, -0.2) is 36.1 Å². The second kappa shape index (κ2) is 37.6. The summed E-state index contributed by atoms with van der Waals surface area (Å²) in [5.41, 5.74) is 0. The Morgan fingerprint density at radius 2 is 0.864 bits per heavy atom. The summed E-state index contributed by atoms with van der Waals surface area (Å²) >= 11 is 0. The van der Waals surface area contributed by atoms with Gasteiger partial charge in [-0.3, -0.25) is 0 Å². The van der Waals surface area contributed by atoms with Crippen molar-refractivity contribution in [3.63, 3.8) is 0 Å². The van der Waals surface area contributed by atoms with Gasteiger partial charge in [0, 0.05) is 6.10 Å². The molecule has 0 aliphatic carbocycles. The third-order valence-corrected chi connectivity index (χ3v) is 0.498. The molecular formula is C16H38O5Ti. The van der Waals surface area contributed by atoms with E-state index in [0.717, 1.165) is 12.8 Å². The zero-order valence-electron chi connectivity index (χ0n) is 16.0. The average Bonchev–Trinajstić information content (AvgIpc) is 2.14. The van der Waals surface area contributed by atoms with Crippen molar-refractivity contribution in [2.75, 3.05) is 6.61 Å². The Morgan fingerprint density at radius 1 is 0.727 bits per heavy atom. The van der Waals surface area contributed by atoms with Crippen molar-refractivity contribution in [2.45, 2.75) is 99.6 Å². The first-order valence-corrected chi connectivity index (χ1v) is 7.58. The number of unbranched alkanes of at least 4 members (excludes halogenated alkanes) is 1. The molecule has 0 unspecified atom stereocenters. The molecule has 0 saturated carbocycles. The van der Waals surface area contributed by atoms with Gasteiger partial charge in [-0.2, -0.15) is 0 Å². The van der Waals surface area contributed by atoms with Gasteiger partial charge in [-0.1, -0.05) is 61.3 Å². The summed E-state index contributed by atoms with van der Waals surface area (Å²) in [4.78, 5) is 0. The van der Waals surface area contributed by atoms with Crippen LogP contribution >= 0.6 is 0 Å². The van der Waals surface area contributed by atoms with Gasteiger partial charge in [-0.25, -0.2) is 0 Å². The zero-order valence-corrected chi connectivity index (χ0v) is 17.6. The summed E-state index contributed by atoms with van der Waals surface area (Å²) in [6.07, 6.45) is 0.448. The van der Waals surface area contributed by atoms with Gasteiger partial charge in [0.15, 0.2) is 0 Å². The largest absolute Gasteiger partial charge is 4.00 e. The molecule has 0 heterocycles. The molecule has 0 amide bonds. The van der Waals surface area contributed by atoms with Gasteiger partial charge in [0.1, 0.15) is 0 Å². The smallest absolute Gasteiger partial charge is 0.854 e. The molecule has 0 radical (unpaired) electrons. The molecule has 6 heteroatoms. The van der Waals surface area contributed by atoms with Crippen LogP contribution in [0.5, 0.6) is 0 Å². The average molecular weight is 358 g/mol.